The molecule has 4 heteroatoms. The summed E-state index contributed by atoms with van der Waals surface area (Å²) in [6.07, 6.45) is 3.96. The summed E-state index contributed by atoms with van der Waals surface area (Å²) in [6, 6.07) is 3.26. The van der Waals surface area contributed by atoms with Crippen LogP contribution in [0.25, 0.3) is 0 Å². The summed E-state index contributed by atoms with van der Waals surface area (Å²) in [5.74, 6) is 0.872. The Kier molecular flexibility index (Phi) is 3.13. The minimum Gasteiger partial charge on any atom is -0.469 e. The second-order valence-corrected chi connectivity index (χ2v) is 6.02. The molecule has 3 saturated heterocycles. The lowest BCUT2D eigenvalue weighted by Crippen LogP contribution is -2.65. The predicted octanol–water partition coefficient (Wildman–Crippen LogP) is 2.29. The van der Waals surface area contributed by atoms with E-state index in [1.165, 1.54) is 6.42 Å². The Balaban J connectivity index is 1.78. The van der Waals surface area contributed by atoms with Crippen molar-refractivity contribution >= 4 is 5.91 Å². The quantitative estimate of drug-likeness (QED) is 0.820. The van der Waals surface area contributed by atoms with Gasteiger partial charge in [-0.05, 0) is 39.7 Å². The van der Waals surface area contributed by atoms with Crippen LogP contribution in [0.3, 0.4) is 0 Å². The first kappa shape index (κ1) is 12.7. The van der Waals surface area contributed by atoms with E-state index in [9.17, 15) is 4.79 Å². The maximum absolute atomic E-state index is 12.6. The van der Waals surface area contributed by atoms with E-state index in [1.54, 1.807) is 12.3 Å². The lowest BCUT2D eigenvalue weighted by atomic mass is 9.89. The minimum absolute atomic E-state index is 0.143. The van der Waals surface area contributed by atoms with Crippen LogP contribution in [-0.4, -0.2) is 46.9 Å². The summed E-state index contributed by atoms with van der Waals surface area (Å²) in [4.78, 5) is 17.2. The minimum atomic E-state index is 0.143. The summed E-state index contributed by atoms with van der Waals surface area (Å²) >= 11 is 0. The number of furan rings is 1. The van der Waals surface area contributed by atoms with Gasteiger partial charge in [0.1, 0.15) is 5.76 Å². The Morgan fingerprint density at radius 2 is 2.05 bits per heavy atom. The molecule has 4 heterocycles. The molecule has 104 valence electrons. The molecule has 0 radical (unpaired) electrons. The number of piperazine rings is 1. The molecule has 19 heavy (non-hydrogen) atoms. The molecule has 0 aromatic carbocycles. The largest absolute Gasteiger partial charge is 0.469 e. The van der Waals surface area contributed by atoms with E-state index in [0.29, 0.717) is 18.1 Å². The van der Waals surface area contributed by atoms with E-state index >= 15 is 0 Å². The number of hydrogen-bond acceptors (Lipinski definition) is 3. The highest BCUT2D eigenvalue weighted by Crippen LogP contribution is 2.31. The number of fused-ring (bicyclic) bond motifs is 3. The van der Waals surface area contributed by atoms with Crippen molar-refractivity contribution in [2.45, 2.75) is 51.7 Å². The molecule has 3 aliphatic heterocycles. The average Bonchev–Trinajstić information content (AvgIpc) is 2.84. The number of aryl methyl sites for hydroxylation is 1. The van der Waals surface area contributed by atoms with E-state index < -0.39 is 0 Å². The van der Waals surface area contributed by atoms with E-state index in [-0.39, 0.29) is 5.91 Å². The van der Waals surface area contributed by atoms with Gasteiger partial charge >= 0.3 is 0 Å². The molecule has 3 fully saturated rings. The van der Waals surface area contributed by atoms with Gasteiger partial charge in [-0.15, -0.1) is 0 Å². The molecule has 0 aliphatic carbocycles. The second-order valence-electron chi connectivity index (χ2n) is 6.02. The van der Waals surface area contributed by atoms with Crippen molar-refractivity contribution in [3.05, 3.63) is 23.7 Å². The summed E-state index contributed by atoms with van der Waals surface area (Å²) < 4.78 is 5.26. The number of hydrogen-bond donors (Lipinski definition) is 0. The van der Waals surface area contributed by atoms with Gasteiger partial charge in [-0.2, -0.15) is 0 Å². The second kappa shape index (κ2) is 4.67. The van der Waals surface area contributed by atoms with Gasteiger partial charge in [0.15, 0.2) is 0 Å². The fourth-order valence-corrected chi connectivity index (χ4v) is 3.50. The molecular weight excluding hydrogens is 240 g/mol. The molecule has 2 bridgehead atoms. The summed E-state index contributed by atoms with van der Waals surface area (Å²) in [6.45, 7) is 8.23. The van der Waals surface area contributed by atoms with Gasteiger partial charge in [-0.3, -0.25) is 9.69 Å². The van der Waals surface area contributed by atoms with Gasteiger partial charge in [-0.1, -0.05) is 0 Å². The zero-order chi connectivity index (χ0) is 13.6. The van der Waals surface area contributed by atoms with Gasteiger partial charge in [0.25, 0.3) is 5.91 Å². The van der Waals surface area contributed by atoms with Gasteiger partial charge < -0.3 is 9.32 Å². The van der Waals surface area contributed by atoms with Crippen LogP contribution in [0.5, 0.6) is 0 Å². The normalized spacial score (nSPS) is 27.3. The van der Waals surface area contributed by atoms with Gasteiger partial charge in [0.05, 0.1) is 11.8 Å². The van der Waals surface area contributed by atoms with Gasteiger partial charge in [0.2, 0.25) is 0 Å². The van der Waals surface area contributed by atoms with Crippen molar-refractivity contribution in [1.82, 2.24) is 9.80 Å². The number of piperidine rings is 2. The third-order valence-corrected chi connectivity index (χ3v) is 4.59. The lowest BCUT2D eigenvalue weighted by molar-refractivity contribution is -0.0252. The van der Waals surface area contributed by atoms with Gasteiger partial charge in [-0.25, -0.2) is 0 Å². The van der Waals surface area contributed by atoms with Crippen molar-refractivity contribution < 1.29 is 9.21 Å². The molecule has 4 nitrogen and oxygen atoms in total. The summed E-state index contributed by atoms with van der Waals surface area (Å²) in [7, 11) is 0. The first-order valence-corrected chi connectivity index (χ1v) is 7.18. The Labute approximate surface area is 114 Å². The maximum atomic E-state index is 12.6. The van der Waals surface area contributed by atoms with Crippen molar-refractivity contribution in [2.24, 2.45) is 0 Å². The molecule has 2 atom stereocenters. The first-order chi connectivity index (χ1) is 9.08. The number of carbonyl (C=O) groups is 1. The van der Waals surface area contributed by atoms with Crippen LogP contribution in [0.2, 0.25) is 0 Å². The molecule has 1 amide bonds. The number of rotatable bonds is 2. The Morgan fingerprint density at radius 1 is 1.32 bits per heavy atom. The molecule has 1 aromatic heterocycles. The highest BCUT2D eigenvalue weighted by atomic mass is 16.3. The van der Waals surface area contributed by atoms with Crippen LogP contribution < -0.4 is 0 Å². The van der Waals surface area contributed by atoms with Crippen molar-refractivity contribution in [3.8, 4) is 0 Å². The standard InChI is InChI=1S/C15H22N2O2/c1-10(2)16-8-13-5-4-12(16)9-17(13)15(18)14-6-7-19-11(14)3/h6-7,10,12-13H,4-5,8-9H2,1-3H3. The molecule has 4 rings (SSSR count). The Bertz CT molecular complexity index is 480. The lowest BCUT2D eigenvalue weighted by Gasteiger charge is -2.53. The molecule has 0 N–H and O–H groups in total. The van der Waals surface area contributed by atoms with Crippen LogP contribution >= 0.6 is 0 Å². The first-order valence-electron chi connectivity index (χ1n) is 7.18. The van der Waals surface area contributed by atoms with E-state index in [0.717, 1.165) is 30.8 Å². The smallest absolute Gasteiger partial charge is 0.257 e. The molecule has 3 aliphatic rings. The average molecular weight is 262 g/mol. The third-order valence-electron chi connectivity index (χ3n) is 4.59. The van der Waals surface area contributed by atoms with Crippen LogP contribution in [0.1, 0.15) is 42.8 Å². The SMILES string of the molecule is Cc1occc1C(=O)N1CC2CCC1CN2C(C)C. The third kappa shape index (κ3) is 2.08. The predicted molar refractivity (Wildman–Crippen MR) is 73.1 cm³/mol. The van der Waals surface area contributed by atoms with Crippen LogP contribution in [0.4, 0.5) is 0 Å². The maximum Gasteiger partial charge on any atom is 0.257 e. The molecule has 0 spiro atoms. The van der Waals surface area contributed by atoms with Crippen molar-refractivity contribution in [3.63, 3.8) is 0 Å². The summed E-state index contributed by atoms with van der Waals surface area (Å²) in [5.41, 5.74) is 0.726. The van der Waals surface area contributed by atoms with E-state index in [2.05, 4.69) is 23.6 Å². The van der Waals surface area contributed by atoms with Gasteiger partial charge in [0, 0.05) is 31.2 Å². The topological polar surface area (TPSA) is 36.7 Å². The van der Waals surface area contributed by atoms with E-state index in [4.69, 9.17) is 4.42 Å². The molecule has 2 unspecified atom stereocenters. The van der Waals surface area contributed by atoms with Crippen molar-refractivity contribution in [2.75, 3.05) is 13.1 Å². The molecular formula is C15H22N2O2. The number of nitrogens with zero attached hydrogens (tertiary/aromatic N) is 2. The van der Waals surface area contributed by atoms with Crippen molar-refractivity contribution in [1.29, 1.82) is 0 Å². The zero-order valence-corrected chi connectivity index (χ0v) is 11.9. The zero-order valence-electron chi connectivity index (χ0n) is 11.9. The Morgan fingerprint density at radius 3 is 2.58 bits per heavy atom. The fraction of sp³-hybridized carbons (Fsp3) is 0.667. The highest BCUT2D eigenvalue weighted by molar-refractivity contribution is 5.95. The van der Waals surface area contributed by atoms with E-state index in [1.807, 2.05) is 6.92 Å². The van der Waals surface area contributed by atoms with Crippen LogP contribution in [-0.2, 0) is 0 Å². The molecule has 1 aromatic rings. The highest BCUT2D eigenvalue weighted by Gasteiger charge is 2.42. The monoisotopic (exact) mass is 262 g/mol. The summed E-state index contributed by atoms with van der Waals surface area (Å²) in [5, 5.41) is 0. The number of amides is 1. The number of carbonyl (C=O) groups excluding carboxylic acids is 1. The van der Waals surface area contributed by atoms with Crippen LogP contribution in [0.15, 0.2) is 16.7 Å². The Hall–Kier alpha value is -1.29. The molecule has 0 saturated carbocycles. The fourth-order valence-electron chi connectivity index (χ4n) is 3.50. The van der Waals surface area contributed by atoms with Crippen LogP contribution in [0, 0.1) is 6.92 Å².